The normalized spacial score (nSPS) is 21.3. The number of aryl methyl sites for hydroxylation is 1. The van der Waals surface area contributed by atoms with Crippen molar-refractivity contribution in [2.24, 2.45) is 0 Å². The van der Waals surface area contributed by atoms with E-state index in [1.165, 1.54) is 11.1 Å². The van der Waals surface area contributed by atoms with Gasteiger partial charge in [-0.25, -0.2) is 10.2 Å². The fourth-order valence-electron chi connectivity index (χ4n) is 1.88. The Bertz CT molecular complexity index is 450. The summed E-state index contributed by atoms with van der Waals surface area (Å²) in [5.41, 5.74) is 2.93. The van der Waals surface area contributed by atoms with Crippen LogP contribution < -0.4 is 0 Å². The molecule has 1 aromatic rings. The van der Waals surface area contributed by atoms with Gasteiger partial charge in [0.05, 0.1) is 0 Å². The van der Waals surface area contributed by atoms with Crippen molar-refractivity contribution < 1.29 is 4.79 Å². The number of rotatable bonds is 1. The lowest BCUT2D eigenvalue weighted by atomic mass is 9.77. The van der Waals surface area contributed by atoms with Gasteiger partial charge < -0.3 is 0 Å². The van der Waals surface area contributed by atoms with Crippen LogP contribution in [0.5, 0.6) is 0 Å². The number of isocyanates is 1. The smallest absolute Gasteiger partial charge is 0.222 e. The fourth-order valence-corrected chi connectivity index (χ4v) is 1.88. The lowest BCUT2D eigenvalue weighted by molar-refractivity contribution is 0.563. The highest BCUT2D eigenvalue weighted by atomic mass is 16.1. The molecule has 0 saturated carbocycles. The second kappa shape index (κ2) is 5.97. The number of hydrogen-bond acceptors (Lipinski definition) is 2. The summed E-state index contributed by atoms with van der Waals surface area (Å²) in [4.78, 5) is 8.35. The molecular weight excluding hydrogens is 210 g/mol. The highest BCUT2D eigenvalue weighted by molar-refractivity contribution is 5.35. The first-order chi connectivity index (χ1) is 8.12. The molecular formula is C15H17NO. The van der Waals surface area contributed by atoms with Crippen LogP contribution in [0.4, 0.5) is 0 Å². The van der Waals surface area contributed by atoms with Crippen LogP contribution in [-0.4, -0.2) is 6.08 Å². The molecule has 0 saturated heterocycles. The molecule has 1 N–H and O–H groups in total. The molecule has 0 amide bonds. The van der Waals surface area contributed by atoms with Gasteiger partial charge >= 0.3 is 0 Å². The van der Waals surface area contributed by atoms with Gasteiger partial charge in [0.1, 0.15) is 0 Å². The number of benzene rings is 1. The zero-order valence-corrected chi connectivity index (χ0v) is 10.2. The molecule has 1 atom stereocenters. The predicted octanol–water partition coefficient (Wildman–Crippen LogP) is 3.67. The summed E-state index contributed by atoms with van der Waals surface area (Å²) in [5, 5.41) is 5.40. The van der Waals surface area contributed by atoms with Gasteiger partial charge in [-0.1, -0.05) is 61.1 Å². The van der Waals surface area contributed by atoms with Crippen molar-refractivity contribution in [3.63, 3.8) is 0 Å². The highest BCUT2D eigenvalue weighted by Gasteiger charge is 2.22. The molecule has 0 bridgehead atoms. The lowest BCUT2D eigenvalue weighted by Gasteiger charge is -2.27. The van der Waals surface area contributed by atoms with Crippen molar-refractivity contribution in [3.05, 3.63) is 59.7 Å². The zero-order chi connectivity index (χ0) is 12.7. The molecule has 2 heteroatoms. The number of hydrogen-bond donors (Lipinski definition) is 1. The number of allylic oxidation sites excluding steroid dienone is 4. The molecule has 0 aliphatic heterocycles. The van der Waals surface area contributed by atoms with Crippen LogP contribution in [0.1, 0.15) is 24.5 Å². The van der Waals surface area contributed by atoms with E-state index in [1.807, 2.05) is 0 Å². The van der Waals surface area contributed by atoms with Crippen LogP contribution in [-0.2, 0) is 10.2 Å². The molecule has 1 aliphatic carbocycles. The van der Waals surface area contributed by atoms with Crippen molar-refractivity contribution >= 4 is 6.08 Å². The molecule has 0 heterocycles. The van der Waals surface area contributed by atoms with E-state index in [1.54, 1.807) is 0 Å². The Hall–Kier alpha value is -1.92. The maximum Gasteiger partial charge on any atom is 0.231 e. The van der Waals surface area contributed by atoms with Crippen LogP contribution in [0.3, 0.4) is 0 Å². The van der Waals surface area contributed by atoms with E-state index in [9.17, 15) is 0 Å². The molecule has 1 aliphatic rings. The van der Waals surface area contributed by atoms with Gasteiger partial charge in [-0.05, 0) is 18.9 Å². The highest BCUT2D eigenvalue weighted by Crippen LogP contribution is 2.31. The van der Waals surface area contributed by atoms with Crippen LogP contribution >= 0.6 is 0 Å². The van der Waals surface area contributed by atoms with Crippen molar-refractivity contribution in [3.8, 4) is 0 Å². The average Bonchev–Trinajstić information content (AvgIpc) is 2.31. The molecule has 0 fully saturated rings. The quantitative estimate of drug-likeness (QED) is 0.577. The Morgan fingerprint density at radius 2 is 1.82 bits per heavy atom. The minimum absolute atomic E-state index is 0.197. The molecule has 17 heavy (non-hydrogen) atoms. The average molecular weight is 227 g/mol. The van der Waals surface area contributed by atoms with E-state index in [-0.39, 0.29) is 5.41 Å². The van der Waals surface area contributed by atoms with Gasteiger partial charge in [0, 0.05) is 5.41 Å². The SMILES string of the molecule is Cc1ccc(C2(C)C=CC=CC2)cc1.N=C=O. The van der Waals surface area contributed by atoms with Crippen LogP contribution in [0.2, 0.25) is 0 Å². The van der Waals surface area contributed by atoms with Crippen molar-refractivity contribution in [1.82, 2.24) is 0 Å². The van der Waals surface area contributed by atoms with Crippen molar-refractivity contribution in [1.29, 1.82) is 5.41 Å². The Kier molecular flexibility index (Phi) is 4.62. The minimum Gasteiger partial charge on any atom is -0.222 e. The molecule has 88 valence electrons. The van der Waals surface area contributed by atoms with Gasteiger partial charge in [-0.15, -0.1) is 0 Å². The maximum absolute atomic E-state index is 8.35. The minimum atomic E-state index is 0.197. The summed E-state index contributed by atoms with van der Waals surface area (Å²) in [7, 11) is 0. The third-order valence-corrected chi connectivity index (χ3v) is 2.96. The molecule has 1 unspecified atom stereocenters. The van der Waals surface area contributed by atoms with Gasteiger partial charge in [0.15, 0.2) is 0 Å². The van der Waals surface area contributed by atoms with Gasteiger partial charge in [-0.2, -0.15) is 0 Å². The van der Waals surface area contributed by atoms with E-state index in [2.05, 4.69) is 62.4 Å². The van der Waals surface area contributed by atoms with E-state index >= 15 is 0 Å². The monoisotopic (exact) mass is 227 g/mol. The first-order valence-corrected chi connectivity index (χ1v) is 5.58. The number of carbonyl (C=O) groups excluding carboxylic acids is 1. The maximum atomic E-state index is 8.35. The van der Waals surface area contributed by atoms with E-state index in [0.29, 0.717) is 0 Å². The first kappa shape index (κ1) is 13.1. The first-order valence-electron chi connectivity index (χ1n) is 5.58. The molecule has 0 aromatic heterocycles. The van der Waals surface area contributed by atoms with Crippen LogP contribution in [0, 0.1) is 12.3 Å². The predicted molar refractivity (Wildman–Crippen MR) is 69.8 cm³/mol. The second-order valence-corrected chi connectivity index (χ2v) is 4.38. The van der Waals surface area contributed by atoms with Crippen molar-refractivity contribution in [2.45, 2.75) is 25.7 Å². The van der Waals surface area contributed by atoms with Crippen molar-refractivity contribution in [2.75, 3.05) is 0 Å². The summed E-state index contributed by atoms with van der Waals surface area (Å²) in [6.45, 7) is 4.42. The summed E-state index contributed by atoms with van der Waals surface area (Å²) < 4.78 is 0. The largest absolute Gasteiger partial charge is 0.231 e. The Morgan fingerprint density at radius 3 is 2.29 bits per heavy atom. The van der Waals surface area contributed by atoms with Crippen LogP contribution in [0.25, 0.3) is 0 Å². The summed E-state index contributed by atoms with van der Waals surface area (Å²) >= 11 is 0. The van der Waals surface area contributed by atoms with Crippen LogP contribution in [0.15, 0.2) is 48.6 Å². The fraction of sp³-hybridized carbons (Fsp3) is 0.267. The third kappa shape index (κ3) is 3.54. The molecule has 2 nitrogen and oxygen atoms in total. The van der Waals surface area contributed by atoms with Gasteiger partial charge in [-0.3, -0.25) is 0 Å². The summed E-state index contributed by atoms with van der Waals surface area (Å²) in [6.07, 6.45) is 10.6. The lowest BCUT2D eigenvalue weighted by Crippen LogP contribution is -2.19. The molecule has 1 aromatic carbocycles. The second-order valence-electron chi connectivity index (χ2n) is 4.38. The number of nitrogens with one attached hydrogen (secondary N) is 1. The van der Waals surface area contributed by atoms with E-state index in [4.69, 9.17) is 10.2 Å². The summed E-state index contributed by atoms with van der Waals surface area (Å²) in [5.74, 6) is 0. The Labute approximate surface area is 102 Å². The van der Waals surface area contributed by atoms with E-state index < -0.39 is 0 Å². The molecule has 0 radical (unpaired) electrons. The van der Waals surface area contributed by atoms with Gasteiger partial charge in [0.2, 0.25) is 6.08 Å². The zero-order valence-electron chi connectivity index (χ0n) is 10.2. The Morgan fingerprint density at radius 1 is 1.24 bits per heavy atom. The van der Waals surface area contributed by atoms with Gasteiger partial charge in [0.25, 0.3) is 0 Å². The Balaban J connectivity index is 0.000000437. The third-order valence-electron chi connectivity index (χ3n) is 2.96. The topological polar surface area (TPSA) is 40.9 Å². The summed E-state index contributed by atoms with van der Waals surface area (Å²) in [6, 6.07) is 8.84. The molecule has 2 rings (SSSR count). The standard InChI is InChI=1S/C14H16.CHNO/c1-12-6-8-13(9-7-12)14(2)10-4-3-5-11-14;2-1-3/h3-10H,11H2,1-2H3;2H. The van der Waals surface area contributed by atoms with E-state index in [0.717, 1.165) is 12.5 Å². The molecule has 0 spiro atoms.